The van der Waals surface area contributed by atoms with Crippen LogP contribution < -0.4 is 10.2 Å². The summed E-state index contributed by atoms with van der Waals surface area (Å²) in [5, 5.41) is 4.65. The number of likely N-dealkylation sites (tertiary alicyclic amines) is 1. The topological polar surface area (TPSA) is 60.8 Å². The summed E-state index contributed by atoms with van der Waals surface area (Å²) in [5.41, 5.74) is 2.61. The van der Waals surface area contributed by atoms with Crippen molar-refractivity contribution in [3.63, 3.8) is 0 Å². The maximum absolute atomic E-state index is 12.0. The van der Waals surface area contributed by atoms with Crippen molar-refractivity contribution in [2.75, 3.05) is 37.6 Å². The summed E-state index contributed by atoms with van der Waals surface area (Å²) in [4.78, 5) is 27.2. The molecule has 2 aromatic rings. The van der Waals surface area contributed by atoms with E-state index in [0.29, 0.717) is 18.2 Å². The van der Waals surface area contributed by atoms with E-state index in [4.69, 9.17) is 4.99 Å². The lowest BCUT2D eigenvalue weighted by Gasteiger charge is -2.23. The van der Waals surface area contributed by atoms with Crippen LogP contribution in [0.15, 0.2) is 35.5 Å². The zero-order valence-corrected chi connectivity index (χ0v) is 19.5. The Kier molecular flexibility index (Phi) is 7.22. The van der Waals surface area contributed by atoms with Gasteiger partial charge >= 0.3 is 0 Å². The number of rotatable bonds is 8. The highest BCUT2D eigenvalue weighted by atomic mass is 32.1. The smallest absolute Gasteiger partial charge is 0.222 e. The van der Waals surface area contributed by atoms with Gasteiger partial charge in [0.2, 0.25) is 5.91 Å². The predicted octanol–water partition coefficient (Wildman–Crippen LogP) is 3.83. The van der Waals surface area contributed by atoms with Gasteiger partial charge in [0.25, 0.3) is 0 Å². The third kappa shape index (κ3) is 5.09. The van der Waals surface area contributed by atoms with Gasteiger partial charge in [0.1, 0.15) is 0 Å². The van der Waals surface area contributed by atoms with Gasteiger partial charge in [-0.15, -0.1) is 11.3 Å². The van der Waals surface area contributed by atoms with Crippen LogP contribution in [-0.4, -0.2) is 54.5 Å². The van der Waals surface area contributed by atoms with Crippen LogP contribution >= 0.6 is 11.3 Å². The highest BCUT2D eigenvalue weighted by Crippen LogP contribution is 2.38. The summed E-state index contributed by atoms with van der Waals surface area (Å²) >= 11 is 1.79. The number of carbonyl (C=O) groups excluding carboxylic acids is 1. The molecule has 1 saturated heterocycles. The van der Waals surface area contributed by atoms with Gasteiger partial charge in [0, 0.05) is 68.2 Å². The number of thiazole rings is 1. The average molecular weight is 440 g/mol. The molecule has 1 atom stereocenters. The molecular formula is C24H33N5OS. The van der Waals surface area contributed by atoms with E-state index in [2.05, 4.69) is 53.3 Å². The van der Waals surface area contributed by atoms with Crippen molar-refractivity contribution in [3.8, 4) is 0 Å². The molecule has 0 aliphatic carbocycles. The molecule has 1 N–H and O–H groups in total. The van der Waals surface area contributed by atoms with Crippen molar-refractivity contribution in [1.29, 1.82) is 0 Å². The summed E-state index contributed by atoms with van der Waals surface area (Å²) < 4.78 is 0. The van der Waals surface area contributed by atoms with Crippen LogP contribution in [0.1, 0.15) is 54.5 Å². The van der Waals surface area contributed by atoms with E-state index in [1.54, 1.807) is 11.3 Å². The van der Waals surface area contributed by atoms with Gasteiger partial charge in [-0.1, -0.05) is 25.1 Å². The molecule has 0 spiro atoms. The van der Waals surface area contributed by atoms with Crippen LogP contribution in [0.25, 0.3) is 0 Å². The number of anilines is 1. The fourth-order valence-corrected chi connectivity index (χ4v) is 5.33. The van der Waals surface area contributed by atoms with Crippen molar-refractivity contribution in [1.82, 2.24) is 15.2 Å². The number of nitrogens with one attached hydrogen (secondary N) is 1. The number of benzene rings is 1. The second-order valence-corrected chi connectivity index (χ2v) is 9.40. The van der Waals surface area contributed by atoms with E-state index in [0.717, 1.165) is 69.4 Å². The second-order valence-electron chi connectivity index (χ2n) is 8.20. The Bertz CT molecular complexity index is 924. The molecule has 0 saturated carbocycles. The molecule has 1 unspecified atom stereocenters. The molecule has 31 heavy (non-hydrogen) atoms. The van der Waals surface area contributed by atoms with Gasteiger partial charge < -0.3 is 15.1 Å². The lowest BCUT2D eigenvalue weighted by Crippen LogP contribution is -2.41. The normalized spacial score (nSPS) is 18.7. The minimum atomic E-state index is 0.312. The van der Waals surface area contributed by atoms with E-state index in [9.17, 15) is 4.79 Å². The van der Waals surface area contributed by atoms with Gasteiger partial charge in [-0.2, -0.15) is 0 Å². The Labute approximate surface area is 189 Å². The molecule has 166 valence electrons. The molecule has 2 aliphatic heterocycles. The molecule has 6 nitrogen and oxygen atoms in total. The second kappa shape index (κ2) is 10.3. The first-order valence-corrected chi connectivity index (χ1v) is 12.4. The zero-order chi connectivity index (χ0) is 21.6. The minimum absolute atomic E-state index is 0.312. The lowest BCUT2D eigenvalue weighted by atomic mass is 9.98. The van der Waals surface area contributed by atoms with Crippen LogP contribution in [0.3, 0.4) is 0 Å². The number of nitrogens with zero attached hydrogens (tertiary/aromatic N) is 4. The van der Waals surface area contributed by atoms with Crippen LogP contribution in [0, 0.1) is 0 Å². The van der Waals surface area contributed by atoms with E-state index in [1.807, 2.05) is 11.1 Å². The van der Waals surface area contributed by atoms with E-state index in [-0.39, 0.29) is 0 Å². The zero-order valence-electron chi connectivity index (χ0n) is 18.6. The Balaban J connectivity index is 1.45. The van der Waals surface area contributed by atoms with Gasteiger partial charge in [-0.3, -0.25) is 9.79 Å². The van der Waals surface area contributed by atoms with Crippen LogP contribution in [0.4, 0.5) is 5.69 Å². The van der Waals surface area contributed by atoms with Crippen molar-refractivity contribution in [2.45, 2.75) is 51.9 Å². The number of hydrogen-bond donors (Lipinski definition) is 1. The standard InChI is InChI=1S/C24H33N5OS/c1-3-19-16-27-22(31-19)11-13-26-24(25-4-2)29-17-18(20-8-5-6-9-21(20)29)12-15-28-14-7-10-23(28)30/h5-6,8-9,16,18H,3-4,7,10-15,17H2,1-2H3,(H,25,26). The monoisotopic (exact) mass is 439 g/mol. The molecular weight excluding hydrogens is 406 g/mol. The van der Waals surface area contributed by atoms with Gasteiger partial charge in [-0.05, 0) is 37.8 Å². The summed E-state index contributed by atoms with van der Waals surface area (Å²) in [6, 6.07) is 8.65. The molecule has 1 fully saturated rings. The van der Waals surface area contributed by atoms with Crippen molar-refractivity contribution >= 4 is 28.9 Å². The third-order valence-corrected chi connectivity index (χ3v) is 7.32. The molecule has 4 rings (SSSR count). The molecule has 1 aromatic carbocycles. The number of amides is 1. The first-order valence-electron chi connectivity index (χ1n) is 11.6. The maximum Gasteiger partial charge on any atom is 0.222 e. The first-order chi connectivity index (χ1) is 15.2. The van der Waals surface area contributed by atoms with Crippen LogP contribution in [0.2, 0.25) is 0 Å². The molecule has 1 aromatic heterocycles. The SMILES string of the molecule is CCNC(=NCCc1ncc(CC)s1)N1CC(CCN2CCCC2=O)c2ccccc21. The van der Waals surface area contributed by atoms with Gasteiger partial charge in [0.05, 0.1) is 5.01 Å². The lowest BCUT2D eigenvalue weighted by molar-refractivity contribution is -0.127. The number of aliphatic imine (C=N–C) groups is 1. The number of fused-ring (bicyclic) bond motifs is 1. The minimum Gasteiger partial charge on any atom is -0.356 e. The summed E-state index contributed by atoms with van der Waals surface area (Å²) in [6.45, 7) is 8.51. The number of aromatic nitrogens is 1. The maximum atomic E-state index is 12.0. The molecule has 0 radical (unpaired) electrons. The quantitative estimate of drug-likeness (QED) is 0.502. The van der Waals surface area contributed by atoms with Crippen LogP contribution in [0.5, 0.6) is 0 Å². The van der Waals surface area contributed by atoms with Gasteiger partial charge in [-0.25, -0.2) is 4.98 Å². The number of aryl methyl sites for hydroxylation is 1. The Morgan fingerprint density at radius 1 is 1.32 bits per heavy atom. The summed E-state index contributed by atoms with van der Waals surface area (Å²) in [6.07, 6.45) is 6.61. The largest absolute Gasteiger partial charge is 0.356 e. The van der Waals surface area contributed by atoms with E-state index >= 15 is 0 Å². The van der Waals surface area contributed by atoms with Gasteiger partial charge in [0.15, 0.2) is 5.96 Å². The third-order valence-electron chi connectivity index (χ3n) is 6.12. The summed E-state index contributed by atoms with van der Waals surface area (Å²) in [5.74, 6) is 1.67. The average Bonchev–Trinajstić information content (AvgIpc) is 3.50. The molecule has 2 aliphatic rings. The number of guanidine groups is 1. The number of para-hydroxylation sites is 1. The Morgan fingerprint density at radius 3 is 2.94 bits per heavy atom. The molecule has 7 heteroatoms. The van der Waals surface area contributed by atoms with Crippen molar-refractivity contribution in [3.05, 3.63) is 45.9 Å². The fourth-order valence-electron chi connectivity index (χ4n) is 4.47. The van der Waals surface area contributed by atoms with E-state index < -0.39 is 0 Å². The fraction of sp³-hybridized carbons (Fsp3) is 0.542. The number of carbonyl (C=O) groups is 1. The molecule has 3 heterocycles. The van der Waals surface area contributed by atoms with E-state index in [1.165, 1.54) is 16.1 Å². The predicted molar refractivity (Wildman–Crippen MR) is 128 cm³/mol. The highest BCUT2D eigenvalue weighted by Gasteiger charge is 2.32. The Hall–Kier alpha value is -2.41. The molecule has 0 bridgehead atoms. The molecule has 1 amide bonds. The van der Waals surface area contributed by atoms with Crippen molar-refractivity contribution in [2.24, 2.45) is 4.99 Å². The van der Waals surface area contributed by atoms with Crippen LogP contribution in [-0.2, 0) is 17.6 Å². The highest BCUT2D eigenvalue weighted by molar-refractivity contribution is 7.11. The number of hydrogen-bond acceptors (Lipinski definition) is 4. The Morgan fingerprint density at radius 2 is 2.19 bits per heavy atom. The first kappa shape index (κ1) is 21.8. The van der Waals surface area contributed by atoms with Crippen molar-refractivity contribution < 1.29 is 4.79 Å². The summed E-state index contributed by atoms with van der Waals surface area (Å²) in [7, 11) is 0.